The van der Waals surface area contributed by atoms with E-state index < -0.39 is 6.10 Å². The number of rotatable bonds is 2. The van der Waals surface area contributed by atoms with Gasteiger partial charge in [0, 0.05) is 43.0 Å². The quantitative estimate of drug-likeness (QED) is 0.911. The lowest BCUT2D eigenvalue weighted by Crippen LogP contribution is -2.31. The van der Waals surface area contributed by atoms with E-state index in [0.29, 0.717) is 29.4 Å². The molecule has 0 bridgehead atoms. The fourth-order valence-corrected chi connectivity index (χ4v) is 3.12. The molecule has 1 aliphatic heterocycles. The summed E-state index contributed by atoms with van der Waals surface area (Å²) in [6.07, 6.45) is 2.02. The lowest BCUT2D eigenvalue weighted by atomic mass is 10.0. The van der Waals surface area contributed by atoms with E-state index in [1.165, 1.54) is 4.57 Å². The minimum absolute atomic E-state index is 0.0741. The van der Waals surface area contributed by atoms with Crippen LogP contribution < -0.4 is 5.56 Å². The molecule has 2 atom stereocenters. The van der Waals surface area contributed by atoms with Gasteiger partial charge in [0.2, 0.25) is 0 Å². The molecule has 1 saturated heterocycles. The number of aryl methyl sites for hydroxylation is 1. The van der Waals surface area contributed by atoms with Crippen LogP contribution in [0.5, 0.6) is 0 Å². The predicted molar refractivity (Wildman–Crippen MR) is 84.9 cm³/mol. The number of pyridine rings is 1. The summed E-state index contributed by atoms with van der Waals surface area (Å²) in [6.45, 7) is 2.97. The molecule has 0 aliphatic carbocycles. The Morgan fingerprint density at radius 3 is 2.64 bits per heavy atom. The number of nitrogens with zero attached hydrogens (tertiary/aromatic N) is 2. The summed E-state index contributed by atoms with van der Waals surface area (Å²) in [5.74, 6) is 0.0534. The van der Waals surface area contributed by atoms with Crippen LogP contribution >= 0.6 is 0 Å². The number of hydrogen-bond donors (Lipinski definition) is 1. The molecule has 2 aromatic rings. The van der Waals surface area contributed by atoms with Crippen LogP contribution in [-0.2, 0) is 7.05 Å². The molecule has 1 aliphatic rings. The smallest absolute Gasteiger partial charge is 0.258 e. The van der Waals surface area contributed by atoms with E-state index in [0.717, 1.165) is 6.42 Å². The molecule has 2 unspecified atom stereocenters. The Morgan fingerprint density at radius 1 is 1.32 bits per heavy atom. The number of carbonyl (C=O) groups excluding carboxylic acids is 1. The van der Waals surface area contributed by atoms with Crippen LogP contribution in [0.15, 0.2) is 35.3 Å². The Morgan fingerprint density at radius 2 is 2.00 bits per heavy atom. The molecule has 0 saturated carbocycles. The normalized spacial score (nSPS) is 19.6. The standard InChI is InChI=1S/C17H20N2O3/c1-11(20)12-7-8-19(9-12)17(22)15-10-18(2)16(21)14-6-4-3-5-13(14)15/h3-6,10-12,20H,7-9H2,1-2H3. The van der Waals surface area contributed by atoms with Crippen LogP contribution in [0.2, 0.25) is 0 Å². The highest BCUT2D eigenvalue weighted by atomic mass is 16.3. The molecule has 22 heavy (non-hydrogen) atoms. The maximum atomic E-state index is 12.8. The second-order valence-corrected chi connectivity index (χ2v) is 6.04. The summed E-state index contributed by atoms with van der Waals surface area (Å²) in [7, 11) is 1.66. The van der Waals surface area contributed by atoms with Crippen molar-refractivity contribution in [2.24, 2.45) is 13.0 Å². The van der Waals surface area contributed by atoms with Gasteiger partial charge in [-0.05, 0) is 19.4 Å². The number of hydrogen-bond acceptors (Lipinski definition) is 3. The Bertz CT molecular complexity index is 779. The zero-order valence-electron chi connectivity index (χ0n) is 12.8. The van der Waals surface area contributed by atoms with E-state index in [2.05, 4.69) is 0 Å². The summed E-state index contributed by atoms with van der Waals surface area (Å²) < 4.78 is 1.46. The number of carbonyl (C=O) groups is 1. The maximum Gasteiger partial charge on any atom is 0.258 e. The van der Waals surface area contributed by atoms with Gasteiger partial charge in [-0.15, -0.1) is 0 Å². The van der Waals surface area contributed by atoms with Crippen molar-refractivity contribution >= 4 is 16.7 Å². The molecule has 1 fully saturated rings. The van der Waals surface area contributed by atoms with Crippen LogP contribution in [0.1, 0.15) is 23.7 Å². The molecular weight excluding hydrogens is 280 g/mol. The summed E-state index contributed by atoms with van der Waals surface area (Å²) in [4.78, 5) is 26.8. The fraction of sp³-hybridized carbons (Fsp3) is 0.412. The Balaban J connectivity index is 2.02. The third-order valence-corrected chi connectivity index (χ3v) is 4.52. The van der Waals surface area contributed by atoms with E-state index >= 15 is 0 Å². The number of benzene rings is 1. The molecular formula is C17H20N2O3. The largest absolute Gasteiger partial charge is 0.393 e. The lowest BCUT2D eigenvalue weighted by Gasteiger charge is -2.19. The highest BCUT2D eigenvalue weighted by Gasteiger charge is 2.30. The van der Waals surface area contributed by atoms with Gasteiger partial charge < -0.3 is 14.6 Å². The molecule has 116 valence electrons. The van der Waals surface area contributed by atoms with Crippen LogP contribution in [0.4, 0.5) is 0 Å². The fourth-order valence-electron chi connectivity index (χ4n) is 3.12. The van der Waals surface area contributed by atoms with Gasteiger partial charge in [0.05, 0.1) is 11.7 Å². The van der Waals surface area contributed by atoms with Crippen molar-refractivity contribution in [3.63, 3.8) is 0 Å². The average molecular weight is 300 g/mol. The number of aromatic nitrogens is 1. The minimum Gasteiger partial charge on any atom is -0.393 e. The van der Waals surface area contributed by atoms with Crippen molar-refractivity contribution < 1.29 is 9.90 Å². The summed E-state index contributed by atoms with van der Waals surface area (Å²) >= 11 is 0. The van der Waals surface area contributed by atoms with Crippen molar-refractivity contribution in [3.05, 3.63) is 46.4 Å². The van der Waals surface area contributed by atoms with E-state index in [1.54, 1.807) is 37.2 Å². The molecule has 3 rings (SSSR count). The number of likely N-dealkylation sites (tertiary alicyclic amines) is 1. The topological polar surface area (TPSA) is 62.5 Å². The third-order valence-electron chi connectivity index (χ3n) is 4.52. The van der Waals surface area contributed by atoms with Gasteiger partial charge in [-0.3, -0.25) is 9.59 Å². The van der Waals surface area contributed by atoms with Gasteiger partial charge >= 0.3 is 0 Å². The Kier molecular flexibility index (Phi) is 3.74. The molecule has 1 aromatic carbocycles. The van der Waals surface area contributed by atoms with Crippen molar-refractivity contribution in [3.8, 4) is 0 Å². The van der Waals surface area contributed by atoms with Crippen LogP contribution in [0, 0.1) is 5.92 Å². The lowest BCUT2D eigenvalue weighted by molar-refractivity contribution is 0.0763. The van der Waals surface area contributed by atoms with Crippen LogP contribution in [0.3, 0.4) is 0 Å². The summed E-state index contributed by atoms with van der Waals surface area (Å²) in [5, 5.41) is 10.9. The molecule has 1 aromatic heterocycles. The SMILES string of the molecule is CC(O)C1CCN(C(=O)c2cn(C)c(=O)c3ccccc23)C1. The van der Waals surface area contributed by atoms with Gasteiger partial charge in [-0.25, -0.2) is 0 Å². The van der Waals surface area contributed by atoms with Gasteiger partial charge in [0.15, 0.2) is 0 Å². The maximum absolute atomic E-state index is 12.8. The van der Waals surface area contributed by atoms with Crippen molar-refractivity contribution in [2.75, 3.05) is 13.1 Å². The van der Waals surface area contributed by atoms with Gasteiger partial charge in [-0.1, -0.05) is 18.2 Å². The first-order valence-electron chi connectivity index (χ1n) is 7.54. The summed E-state index contributed by atoms with van der Waals surface area (Å²) in [5.41, 5.74) is 0.444. The second kappa shape index (κ2) is 5.57. The second-order valence-electron chi connectivity index (χ2n) is 6.04. The molecule has 1 N–H and O–H groups in total. The van der Waals surface area contributed by atoms with Gasteiger partial charge in [-0.2, -0.15) is 0 Å². The number of aliphatic hydroxyl groups excluding tert-OH is 1. The van der Waals surface area contributed by atoms with E-state index in [9.17, 15) is 14.7 Å². The molecule has 1 amide bonds. The first-order chi connectivity index (χ1) is 10.5. The molecule has 0 radical (unpaired) electrons. The van der Waals surface area contributed by atoms with Crippen molar-refractivity contribution in [1.29, 1.82) is 0 Å². The van der Waals surface area contributed by atoms with Crippen LogP contribution in [0.25, 0.3) is 10.8 Å². The number of fused-ring (bicyclic) bond motifs is 1. The number of amides is 1. The van der Waals surface area contributed by atoms with E-state index in [4.69, 9.17) is 0 Å². The van der Waals surface area contributed by atoms with Crippen molar-refractivity contribution in [1.82, 2.24) is 9.47 Å². The number of aliphatic hydroxyl groups is 1. The monoisotopic (exact) mass is 300 g/mol. The first-order valence-corrected chi connectivity index (χ1v) is 7.54. The zero-order chi connectivity index (χ0) is 15.9. The van der Waals surface area contributed by atoms with Crippen LogP contribution in [-0.4, -0.2) is 39.7 Å². The molecule has 5 heteroatoms. The first kappa shape index (κ1) is 14.8. The highest BCUT2D eigenvalue weighted by molar-refractivity contribution is 6.06. The average Bonchev–Trinajstić information content (AvgIpc) is 3.00. The Hall–Kier alpha value is -2.14. The van der Waals surface area contributed by atoms with Gasteiger partial charge in [0.1, 0.15) is 0 Å². The minimum atomic E-state index is -0.408. The third kappa shape index (κ3) is 2.41. The van der Waals surface area contributed by atoms with E-state index in [-0.39, 0.29) is 17.4 Å². The van der Waals surface area contributed by atoms with Gasteiger partial charge in [0.25, 0.3) is 11.5 Å². The van der Waals surface area contributed by atoms with Crippen molar-refractivity contribution in [2.45, 2.75) is 19.4 Å². The molecule has 0 spiro atoms. The predicted octanol–water partition coefficient (Wildman–Crippen LogP) is 1.38. The van der Waals surface area contributed by atoms with E-state index in [1.807, 2.05) is 12.1 Å². The molecule has 5 nitrogen and oxygen atoms in total. The zero-order valence-corrected chi connectivity index (χ0v) is 12.8. The highest BCUT2D eigenvalue weighted by Crippen LogP contribution is 2.24. The summed E-state index contributed by atoms with van der Waals surface area (Å²) in [6, 6.07) is 7.20. The molecule has 2 heterocycles. The Labute approximate surface area is 128 Å².